The van der Waals surface area contributed by atoms with Crippen LogP contribution in [0.2, 0.25) is 5.02 Å². The molecule has 33 heavy (non-hydrogen) atoms. The summed E-state index contributed by atoms with van der Waals surface area (Å²) in [6, 6.07) is 21.9. The summed E-state index contributed by atoms with van der Waals surface area (Å²) in [6.45, 7) is 2.01. The fourth-order valence-corrected chi connectivity index (χ4v) is 3.58. The Morgan fingerprint density at radius 3 is 2.45 bits per heavy atom. The van der Waals surface area contributed by atoms with Gasteiger partial charge in [-0.3, -0.25) is 4.79 Å². The smallest absolute Gasteiger partial charge is 0.255 e. The zero-order valence-electron chi connectivity index (χ0n) is 17.6. The van der Waals surface area contributed by atoms with Gasteiger partial charge >= 0.3 is 0 Å². The molecule has 3 aromatic carbocycles. The van der Waals surface area contributed by atoms with Crippen LogP contribution in [0.15, 0.2) is 89.6 Å². The molecule has 0 atom stereocenters. The number of hydrogen-bond acceptors (Lipinski definition) is 5. The molecule has 0 unspecified atom stereocenters. The summed E-state index contributed by atoms with van der Waals surface area (Å²) in [5.41, 5.74) is 4.43. The number of nitrogens with one attached hydrogen (secondary N) is 1. The highest BCUT2D eigenvalue weighted by Crippen LogP contribution is 2.27. The zero-order chi connectivity index (χ0) is 22.8. The number of carbonyl (C=O) groups is 1. The van der Waals surface area contributed by atoms with Gasteiger partial charge in [-0.05, 0) is 67.6 Å². The average molecular weight is 456 g/mol. The van der Waals surface area contributed by atoms with Gasteiger partial charge in [0.2, 0.25) is 11.8 Å². The lowest BCUT2D eigenvalue weighted by Crippen LogP contribution is -2.14. The molecule has 8 heteroatoms. The average Bonchev–Trinajstić information content (AvgIpc) is 3.52. The molecule has 0 spiro atoms. The van der Waals surface area contributed by atoms with Crippen LogP contribution in [-0.4, -0.2) is 25.9 Å². The Kier molecular flexibility index (Phi) is 5.46. The SMILES string of the molecule is Cc1cccc(-c2nnc(-c3ccc(C(=O)Nc4cc(Cl)ccc4-n4cccn4)cc3)o2)c1. The molecule has 1 N–H and O–H groups in total. The number of halogens is 1. The van der Waals surface area contributed by atoms with E-state index in [0.717, 1.165) is 16.7 Å². The van der Waals surface area contributed by atoms with Crippen molar-refractivity contribution >= 4 is 23.2 Å². The molecule has 0 fully saturated rings. The Labute approximate surface area is 194 Å². The topological polar surface area (TPSA) is 85.8 Å². The molecule has 162 valence electrons. The highest BCUT2D eigenvalue weighted by molar-refractivity contribution is 6.31. The number of amides is 1. The lowest BCUT2D eigenvalue weighted by Gasteiger charge is -2.12. The summed E-state index contributed by atoms with van der Waals surface area (Å²) in [4.78, 5) is 12.9. The van der Waals surface area contributed by atoms with E-state index in [1.165, 1.54) is 0 Å². The van der Waals surface area contributed by atoms with Gasteiger partial charge in [0.1, 0.15) is 0 Å². The van der Waals surface area contributed by atoms with Gasteiger partial charge in [0.25, 0.3) is 5.91 Å². The standard InChI is InChI=1S/C25H18ClN5O2/c1-16-4-2-5-19(14-16)25-30-29-24(33-25)18-8-6-17(7-9-18)23(32)28-21-15-20(26)10-11-22(21)31-13-3-12-27-31/h2-15H,1H3,(H,28,32). The summed E-state index contributed by atoms with van der Waals surface area (Å²) >= 11 is 6.15. The zero-order valence-corrected chi connectivity index (χ0v) is 18.3. The van der Waals surface area contributed by atoms with Gasteiger partial charge < -0.3 is 9.73 Å². The first-order chi connectivity index (χ1) is 16.1. The molecule has 0 bridgehead atoms. The Balaban J connectivity index is 1.36. The van der Waals surface area contributed by atoms with Crippen LogP contribution in [0.3, 0.4) is 0 Å². The fourth-order valence-electron chi connectivity index (χ4n) is 3.41. The minimum atomic E-state index is -0.275. The monoisotopic (exact) mass is 455 g/mol. The van der Waals surface area contributed by atoms with E-state index in [9.17, 15) is 4.79 Å². The maximum atomic E-state index is 12.9. The minimum absolute atomic E-state index is 0.275. The van der Waals surface area contributed by atoms with E-state index in [0.29, 0.717) is 33.7 Å². The summed E-state index contributed by atoms with van der Waals surface area (Å²) < 4.78 is 7.49. The second-order valence-electron chi connectivity index (χ2n) is 7.43. The highest BCUT2D eigenvalue weighted by Gasteiger charge is 2.14. The maximum absolute atomic E-state index is 12.9. The van der Waals surface area contributed by atoms with Crippen molar-refractivity contribution < 1.29 is 9.21 Å². The maximum Gasteiger partial charge on any atom is 0.255 e. The van der Waals surface area contributed by atoms with Crippen LogP contribution in [0, 0.1) is 6.92 Å². The third kappa shape index (κ3) is 4.40. The Bertz CT molecular complexity index is 1430. The molecule has 2 aromatic heterocycles. The van der Waals surface area contributed by atoms with Crippen molar-refractivity contribution in [3.8, 4) is 28.6 Å². The largest absolute Gasteiger partial charge is 0.416 e. The second-order valence-corrected chi connectivity index (χ2v) is 7.86. The molecule has 7 nitrogen and oxygen atoms in total. The van der Waals surface area contributed by atoms with Crippen LogP contribution in [0.25, 0.3) is 28.6 Å². The van der Waals surface area contributed by atoms with E-state index in [1.54, 1.807) is 65.6 Å². The molecule has 2 heterocycles. The second kappa shape index (κ2) is 8.72. The lowest BCUT2D eigenvalue weighted by atomic mass is 10.1. The minimum Gasteiger partial charge on any atom is -0.416 e. The molecule has 0 aliphatic heterocycles. The number of carbonyl (C=O) groups excluding carboxylic acids is 1. The van der Waals surface area contributed by atoms with Crippen LogP contribution in [0.1, 0.15) is 15.9 Å². The molecule has 5 aromatic rings. The van der Waals surface area contributed by atoms with E-state index in [4.69, 9.17) is 16.0 Å². The third-order valence-corrected chi connectivity index (χ3v) is 5.28. The van der Waals surface area contributed by atoms with E-state index in [2.05, 4.69) is 20.6 Å². The molecule has 1 amide bonds. The first kappa shape index (κ1) is 20.7. The van der Waals surface area contributed by atoms with Crippen molar-refractivity contribution in [1.29, 1.82) is 0 Å². The van der Waals surface area contributed by atoms with Gasteiger partial charge in [0.15, 0.2) is 0 Å². The normalized spacial score (nSPS) is 10.8. The predicted molar refractivity (Wildman–Crippen MR) is 126 cm³/mol. The summed E-state index contributed by atoms with van der Waals surface area (Å²) in [7, 11) is 0. The first-order valence-electron chi connectivity index (χ1n) is 10.2. The molecule has 0 aliphatic rings. The number of hydrogen-bond donors (Lipinski definition) is 1. The van der Waals surface area contributed by atoms with E-state index in [1.807, 2.05) is 31.2 Å². The fraction of sp³-hybridized carbons (Fsp3) is 0.0400. The number of nitrogens with zero attached hydrogens (tertiary/aromatic N) is 4. The van der Waals surface area contributed by atoms with Gasteiger partial charge in [0.05, 0.1) is 11.4 Å². The van der Waals surface area contributed by atoms with Gasteiger partial charge in [-0.2, -0.15) is 5.10 Å². The Morgan fingerprint density at radius 2 is 1.73 bits per heavy atom. The van der Waals surface area contributed by atoms with Crippen LogP contribution >= 0.6 is 11.6 Å². The van der Waals surface area contributed by atoms with Crippen LogP contribution in [-0.2, 0) is 0 Å². The van der Waals surface area contributed by atoms with E-state index in [-0.39, 0.29) is 5.91 Å². The van der Waals surface area contributed by atoms with Gasteiger partial charge in [-0.25, -0.2) is 4.68 Å². The Morgan fingerprint density at radius 1 is 0.939 bits per heavy atom. The molecule has 5 rings (SSSR count). The summed E-state index contributed by atoms with van der Waals surface area (Å²) in [5.74, 6) is 0.556. The quantitative estimate of drug-likeness (QED) is 0.361. The van der Waals surface area contributed by atoms with Crippen LogP contribution in [0.5, 0.6) is 0 Å². The van der Waals surface area contributed by atoms with Crippen molar-refractivity contribution in [2.75, 3.05) is 5.32 Å². The van der Waals surface area contributed by atoms with Gasteiger partial charge in [-0.15, -0.1) is 10.2 Å². The van der Waals surface area contributed by atoms with Gasteiger partial charge in [-0.1, -0.05) is 29.3 Å². The van der Waals surface area contributed by atoms with Crippen LogP contribution < -0.4 is 5.32 Å². The number of rotatable bonds is 5. The number of anilines is 1. The summed E-state index contributed by atoms with van der Waals surface area (Å²) in [5, 5.41) is 15.9. The Hall–Kier alpha value is -4.23. The van der Waals surface area contributed by atoms with Crippen molar-refractivity contribution in [3.63, 3.8) is 0 Å². The molecule has 0 saturated carbocycles. The summed E-state index contributed by atoms with van der Waals surface area (Å²) in [6.07, 6.45) is 3.46. The molecule has 0 aliphatic carbocycles. The number of benzene rings is 3. The van der Waals surface area contributed by atoms with Crippen molar-refractivity contribution in [2.24, 2.45) is 0 Å². The van der Waals surface area contributed by atoms with Crippen molar-refractivity contribution in [1.82, 2.24) is 20.0 Å². The predicted octanol–water partition coefficient (Wildman–Crippen LogP) is 5.80. The molecular weight excluding hydrogens is 438 g/mol. The van der Waals surface area contributed by atoms with Crippen molar-refractivity contribution in [3.05, 3.63) is 101 Å². The molecule has 0 radical (unpaired) electrons. The van der Waals surface area contributed by atoms with Crippen molar-refractivity contribution in [2.45, 2.75) is 6.92 Å². The van der Waals surface area contributed by atoms with Crippen LogP contribution in [0.4, 0.5) is 5.69 Å². The first-order valence-corrected chi connectivity index (χ1v) is 10.6. The number of aromatic nitrogens is 4. The highest BCUT2D eigenvalue weighted by atomic mass is 35.5. The van der Waals surface area contributed by atoms with E-state index < -0.39 is 0 Å². The van der Waals surface area contributed by atoms with Gasteiger partial charge in [0, 0.05) is 34.1 Å². The number of aryl methyl sites for hydroxylation is 1. The molecule has 0 saturated heterocycles. The third-order valence-electron chi connectivity index (χ3n) is 5.04. The lowest BCUT2D eigenvalue weighted by molar-refractivity contribution is 0.102. The molecular formula is C25H18ClN5O2. The van der Waals surface area contributed by atoms with E-state index >= 15 is 0 Å².